The number of rotatable bonds is 7. The Balaban J connectivity index is 2.39. The van der Waals surface area contributed by atoms with Gasteiger partial charge in [0.05, 0.1) is 0 Å². The lowest BCUT2D eigenvalue weighted by Gasteiger charge is -2.14. The standard InChI is InChI=1S/C12H21N3S/c1-4-5-6-7-10(2)15-11-8-12(16-3)14-9-13-11/h8-10H,4-7H2,1-3H3,(H,13,14,15). The molecule has 0 saturated carbocycles. The minimum Gasteiger partial charge on any atom is -0.367 e. The number of anilines is 1. The zero-order valence-corrected chi connectivity index (χ0v) is 11.2. The molecule has 0 radical (unpaired) electrons. The molecule has 0 aliphatic heterocycles. The number of nitrogens with one attached hydrogen (secondary N) is 1. The van der Waals surface area contributed by atoms with E-state index in [4.69, 9.17) is 0 Å². The van der Waals surface area contributed by atoms with Gasteiger partial charge in [-0.15, -0.1) is 11.8 Å². The fourth-order valence-corrected chi connectivity index (χ4v) is 1.94. The molecule has 90 valence electrons. The lowest BCUT2D eigenvalue weighted by atomic mass is 10.1. The minimum absolute atomic E-state index is 0.483. The molecule has 1 rings (SSSR count). The third kappa shape index (κ3) is 4.84. The monoisotopic (exact) mass is 239 g/mol. The van der Waals surface area contributed by atoms with Crippen LogP contribution in [0.5, 0.6) is 0 Å². The second-order valence-electron chi connectivity index (χ2n) is 3.99. The minimum atomic E-state index is 0.483. The summed E-state index contributed by atoms with van der Waals surface area (Å²) in [4.78, 5) is 8.37. The molecular formula is C12H21N3S. The molecule has 0 bridgehead atoms. The van der Waals surface area contributed by atoms with Gasteiger partial charge in [-0.25, -0.2) is 9.97 Å². The molecule has 1 heterocycles. The molecule has 4 heteroatoms. The molecule has 16 heavy (non-hydrogen) atoms. The van der Waals surface area contributed by atoms with Gasteiger partial charge in [0, 0.05) is 12.1 Å². The predicted molar refractivity (Wildman–Crippen MR) is 71.0 cm³/mol. The summed E-state index contributed by atoms with van der Waals surface area (Å²) in [6.07, 6.45) is 8.71. The molecule has 0 amide bonds. The van der Waals surface area contributed by atoms with Crippen molar-refractivity contribution in [1.82, 2.24) is 9.97 Å². The van der Waals surface area contributed by atoms with Gasteiger partial charge in [0.2, 0.25) is 0 Å². The SMILES string of the molecule is CCCCCC(C)Nc1cc(SC)ncn1. The van der Waals surface area contributed by atoms with Crippen LogP contribution in [-0.4, -0.2) is 22.3 Å². The first-order chi connectivity index (χ1) is 7.76. The summed E-state index contributed by atoms with van der Waals surface area (Å²) in [5.74, 6) is 0.934. The molecule has 1 aromatic rings. The molecule has 0 fully saturated rings. The van der Waals surface area contributed by atoms with E-state index in [-0.39, 0.29) is 0 Å². The van der Waals surface area contributed by atoms with Crippen LogP contribution in [0.2, 0.25) is 0 Å². The van der Waals surface area contributed by atoms with Crippen molar-refractivity contribution < 1.29 is 0 Å². The van der Waals surface area contributed by atoms with Crippen molar-refractivity contribution in [2.45, 2.75) is 50.6 Å². The second kappa shape index (κ2) is 7.49. The van der Waals surface area contributed by atoms with E-state index in [0.717, 1.165) is 10.8 Å². The zero-order valence-electron chi connectivity index (χ0n) is 10.4. The molecule has 0 saturated heterocycles. The highest BCUT2D eigenvalue weighted by Gasteiger charge is 2.03. The average Bonchev–Trinajstić information content (AvgIpc) is 2.29. The fourth-order valence-electron chi connectivity index (χ4n) is 1.56. The first-order valence-corrected chi connectivity index (χ1v) is 7.11. The third-order valence-corrected chi connectivity index (χ3v) is 3.13. The van der Waals surface area contributed by atoms with Crippen LogP contribution >= 0.6 is 11.8 Å². The van der Waals surface area contributed by atoms with Crippen molar-refractivity contribution in [3.63, 3.8) is 0 Å². The van der Waals surface area contributed by atoms with Crippen molar-refractivity contribution >= 4 is 17.6 Å². The number of unbranched alkanes of at least 4 members (excludes halogenated alkanes) is 2. The molecule has 0 aliphatic carbocycles. The van der Waals surface area contributed by atoms with E-state index in [9.17, 15) is 0 Å². The number of nitrogens with zero attached hydrogens (tertiary/aromatic N) is 2. The molecule has 0 aromatic carbocycles. The quantitative estimate of drug-likeness (QED) is 0.448. The van der Waals surface area contributed by atoms with Crippen LogP contribution in [0.1, 0.15) is 39.5 Å². The lowest BCUT2D eigenvalue weighted by Crippen LogP contribution is -2.15. The Bertz CT molecular complexity index is 304. The van der Waals surface area contributed by atoms with Crippen molar-refractivity contribution in [2.75, 3.05) is 11.6 Å². The summed E-state index contributed by atoms with van der Waals surface area (Å²) in [6, 6.07) is 2.48. The Morgan fingerprint density at radius 3 is 2.88 bits per heavy atom. The van der Waals surface area contributed by atoms with E-state index < -0.39 is 0 Å². The van der Waals surface area contributed by atoms with Crippen LogP contribution in [-0.2, 0) is 0 Å². The van der Waals surface area contributed by atoms with Gasteiger partial charge >= 0.3 is 0 Å². The van der Waals surface area contributed by atoms with Crippen LogP contribution in [0, 0.1) is 0 Å². The van der Waals surface area contributed by atoms with Crippen LogP contribution in [0.25, 0.3) is 0 Å². The highest BCUT2D eigenvalue weighted by atomic mass is 32.2. The number of hydrogen-bond donors (Lipinski definition) is 1. The van der Waals surface area contributed by atoms with Gasteiger partial charge in [-0.2, -0.15) is 0 Å². The fraction of sp³-hybridized carbons (Fsp3) is 0.667. The van der Waals surface area contributed by atoms with Crippen LogP contribution in [0.4, 0.5) is 5.82 Å². The van der Waals surface area contributed by atoms with Crippen molar-refractivity contribution in [1.29, 1.82) is 0 Å². The molecule has 1 atom stereocenters. The second-order valence-corrected chi connectivity index (χ2v) is 4.81. The van der Waals surface area contributed by atoms with Gasteiger partial charge in [0.25, 0.3) is 0 Å². The summed E-state index contributed by atoms with van der Waals surface area (Å²) in [5.41, 5.74) is 0. The summed E-state index contributed by atoms with van der Waals surface area (Å²) >= 11 is 1.64. The molecule has 1 unspecified atom stereocenters. The summed E-state index contributed by atoms with van der Waals surface area (Å²) in [5, 5.41) is 4.42. The van der Waals surface area contributed by atoms with Crippen LogP contribution < -0.4 is 5.32 Å². The van der Waals surface area contributed by atoms with Crippen molar-refractivity contribution in [3.8, 4) is 0 Å². The molecule has 0 spiro atoms. The Morgan fingerprint density at radius 1 is 1.38 bits per heavy atom. The Morgan fingerprint density at radius 2 is 2.19 bits per heavy atom. The molecule has 3 nitrogen and oxygen atoms in total. The van der Waals surface area contributed by atoms with Gasteiger partial charge in [-0.1, -0.05) is 26.2 Å². The average molecular weight is 239 g/mol. The highest BCUT2D eigenvalue weighted by Crippen LogP contribution is 2.15. The maximum absolute atomic E-state index is 4.22. The molecular weight excluding hydrogens is 218 g/mol. The van der Waals surface area contributed by atoms with Gasteiger partial charge in [0.1, 0.15) is 17.2 Å². The van der Waals surface area contributed by atoms with E-state index in [1.165, 1.54) is 25.7 Å². The van der Waals surface area contributed by atoms with Gasteiger partial charge < -0.3 is 5.32 Å². The summed E-state index contributed by atoms with van der Waals surface area (Å²) < 4.78 is 0. The first kappa shape index (κ1) is 13.3. The number of thioether (sulfide) groups is 1. The maximum atomic E-state index is 4.22. The van der Waals surface area contributed by atoms with Crippen LogP contribution in [0.3, 0.4) is 0 Å². The normalized spacial score (nSPS) is 12.4. The Hall–Kier alpha value is -0.770. The smallest absolute Gasteiger partial charge is 0.130 e. The number of aromatic nitrogens is 2. The Kier molecular flexibility index (Phi) is 6.23. The third-order valence-electron chi connectivity index (χ3n) is 2.49. The lowest BCUT2D eigenvalue weighted by molar-refractivity contribution is 0.613. The largest absolute Gasteiger partial charge is 0.367 e. The van der Waals surface area contributed by atoms with E-state index in [1.807, 2.05) is 12.3 Å². The predicted octanol–water partition coefficient (Wildman–Crippen LogP) is 3.58. The van der Waals surface area contributed by atoms with Gasteiger partial charge in [-0.3, -0.25) is 0 Å². The van der Waals surface area contributed by atoms with Gasteiger partial charge in [-0.05, 0) is 19.6 Å². The summed E-state index contributed by atoms with van der Waals surface area (Å²) in [6.45, 7) is 4.43. The number of hydrogen-bond acceptors (Lipinski definition) is 4. The Labute approximate surface area is 102 Å². The van der Waals surface area contributed by atoms with Crippen molar-refractivity contribution in [2.24, 2.45) is 0 Å². The maximum Gasteiger partial charge on any atom is 0.130 e. The zero-order chi connectivity index (χ0) is 11.8. The topological polar surface area (TPSA) is 37.8 Å². The molecule has 1 N–H and O–H groups in total. The van der Waals surface area contributed by atoms with E-state index >= 15 is 0 Å². The summed E-state index contributed by atoms with van der Waals surface area (Å²) in [7, 11) is 0. The van der Waals surface area contributed by atoms with E-state index in [0.29, 0.717) is 6.04 Å². The highest BCUT2D eigenvalue weighted by molar-refractivity contribution is 7.98. The van der Waals surface area contributed by atoms with Gasteiger partial charge in [0.15, 0.2) is 0 Å². The van der Waals surface area contributed by atoms with Crippen molar-refractivity contribution in [3.05, 3.63) is 12.4 Å². The van der Waals surface area contributed by atoms with Crippen LogP contribution in [0.15, 0.2) is 17.4 Å². The first-order valence-electron chi connectivity index (χ1n) is 5.88. The molecule has 1 aromatic heterocycles. The van der Waals surface area contributed by atoms with E-state index in [1.54, 1.807) is 18.1 Å². The molecule has 0 aliphatic rings. The van der Waals surface area contributed by atoms with E-state index in [2.05, 4.69) is 29.1 Å².